The summed E-state index contributed by atoms with van der Waals surface area (Å²) in [6, 6.07) is 14.7. The van der Waals surface area contributed by atoms with E-state index in [0.717, 1.165) is 16.6 Å². The molecular formula is C18H19FN2O. The molecular weight excluding hydrogens is 279 g/mol. The van der Waals surface area contributed by atoms with Crippen molar-refractivity contribution in [2.75, 3.05) is 13.6 Å². The molecule has 0 amide bonds. The predicted molar refractivity (Wildman–Crippen MR) is 86.5 cm³/mol. The SMILES string of the molecule is CNC[C@H](O)[C@@H](c1ccccc1)c1c[nH]c2cccc(F)c12. The maximum atomic E-state index is 14.3. The number of likely N-dealkylation sites (N-methyl/N-ethyl adjacent to an activating group) is 1. The highest BCUT2D eigenvalue weighted by Crippen LogP contribution is 2.34. The molecule has 0 aliphatic carbocycles. The molecule has 0 unspecified atom stereocenters. The van der Waals surface area contributed by atoms with Gasteiger partial charge in [0.25, 0.3) is 0 Å². The van der Waals surface area contributed by atoms with Crippen LogP contribution in [0.2, 0.25) is 0 Å². The summed E-state index contributed by atoms with van der Waals surface area (Å²) in [7, 11) is 1.79. The molecule has 3 N–H and O–H groups in total. The minimum Gasteiger partial charge on any atom is -0.391 e. The van der Waals surface area contributed by atoms with Gasteiger partial charge in [-0.15, -0.1) is 0 Å². The standard InChI is InChI=1S/C18H19FN2O/c1-20-11-16(22)17(12-6-3-2-4-7-12)13-10-21-15-9-5-8-14(19)18(13)15/h2-10,16-17,20-22H,11H2,1H3/t16-,17-/m0/s1. The lowest BCUT2D eigenvalue weighted by Crippen LogP contribution is -2.30. The van der Waals surface area contributed by atoms with Crippen molar-refractivity contribution in [3.8, 4) is 0 Å². The van der Waals surface area contributed by atoms with Crippen molar-refractivity contribution >= 4 is 10.9 Å². The Bertz CT molecular complexity index is 754. The molecule has 2 aromatic carbocycles. The van der Waals surface area contributed by atoms with Gasteiger partial charge in [-0.3, -0.25) is 0 Å². The number of H-pyrrole nitrogens is 1. The van der Waals surface area contributed by atoms with Gasteiger partial charge in [0.1, 0.15) is 5.82 Å². The van der Waals surface area contributed by atoms with Crippen LogP contribution in [0.4, 0.5) is 4.39 Å². The predicted octanol–water partition coefficient (Wildman–Crippen LogP) is 3.02. The fourth-order valence-electron chi connectivity index (χ4n) is 3.01. The molecule has 4 heteroatoms. The molecule has 0 bridgehead atoms. The molecule has 1 heterocycles. The van der Waals surface area contributed by atoms with Crippen LogP contribution in [0, 0.1) is 5.82 Å². The Morgan fingerprint density at radius 2 is 1.91 bits per heavy atom. The van der Waals surface area contributed by atoms with E-state index in [0.29, 0.717) is 11.9 Å². The van der Waals surface area contributed by atoms with E-state index in [-0.39, 0.29) is 11.7 Å². The number of aliphatic hydroxyl groups is 1. The van der Waals surface area contributed by atoms with E-state index < -0.39 is 6.10 Å². The topological polar surface area (TPSA) is 48.0 Å². The van der Waals surface area contributed by atoms with Gasteiger partial charge in [-0.25, -0.2) is 4.39 Å². The van der Waals surface area contributed by atoms with Gasteiger partial charge in [0.15, 0.2) is 0 Å². The number of benzene rings is 2. The summed E-state index contributed by atoms with van der Waals surface area (Å²) in [5.41, 5.74) is 2.49. The number of hydrogen-bond donors (Lipinski definition) is 3. The summed E-state index contributed by atoms with van der Waals surface area (Å²) < 4.78 is 14.3. The molecule has 0 aliphatic heterocycles. The summed E-state index contributed by atoms with van der Waals surface area (Å²) >= 11 is 0. The average molecular weight is 298 g/mol. The van der Waals surface area contributed by atoms with Crippen LogP contribution in [0.3, 0.4) is 0 Å². The number of halogens is 1. The lowest BCUT2D eigenvalue weighted by molar-refractivity contribution is 0.157. The quantitative estimate of drug-likeness (QED) is 0.678. The highest BCUT2D eigenvalue weighted by molar-refractivity contribution is 5.85. The molecule has 0 saturated heterocycles. The van der Waals surface area contributed by atoms with Crippen LogP contribution < -0.4 is 5.32 Å². The molecule has 2 atom stereocenters. The van der Waals surface area contributed by atoms with Crippen molar-refractivity contribution < 1.29 is 9.50 Å². The van der Waals surface area contributed by atoms with Crippen LogP contribution in [-0.2, 0) is 0 Å². The lowest BCUT2D eigenvalue weighted by Gasteiger charge is -2.23. The van der Waals surface area contributed by atoms with Crippen molar-refractivity contribution in [1.29, 1.82) is 0 Å². The Morgan fingerprint density at radius 1 is 1.14 bits per heavy atom. The first kappa shape index (κ1) is 14.8. The third-order valence-corrected chi connectivity index (χ3v) is 3.98. The van der Waals surface area contributed by atoms with Gasteiger partial charge in [0, 0.05) is 29.6 Å². The Labute approximate surface area is 128 Å². The minimum absolute atomic E-state index is 0.272. The number of aromatic nitrogens is 1. The fraction of sp³-hybridized carbons (Fsp3) is 0.222. The Kier molecular flexibility index (Phi) is 4.22. The van der Waals surface area contributed by atoms with Gasteiger partial charge >= 0.3 is 0 Å². The van der Waals surface area contributed by atoms with E-state index in [1.165, 1.54) is 6.07 Å². The first-order valence-corrected chi connectivity index (χ1v) is 7.35. The molecule has 0 radical (unpaired) electrons. The van der Waals surface area contributed by atoms with Crippen molar-refractivity contribution in [1.82, 2.24) is 10.3 Å². The van der Waals surface area contributed by atoms with Gasteiger partial charge < -0.3 is 15.4 Å². The minimum atomic E-state index is -0.647. The van der Waals surface area contributed by atoms with Crippen LogP contribution in [0.1, 0.15) is 17.0 Å². The number of fused-ring (bicyclic) bond motifs is 1. The number of hydrogen-bond acceptors (Lipinski definition) is 2. The van der Waals surface area contributed by atoms with E-state index in [2.05, 4.69) is 10.3 Å². The molecule has 0 saturated carbocycles. The van der Waals surface area contributed by atoms with E-state index in [1.54, 1.807) is 19.3 Å². The Morgan fingerprint density at radius 3 is 2.64 bits per heavy atom. The second kappa shape index (κ2) is 6.30. The molecule has 22 heavy (non-hydrogen) atoms. The van der Waals surface area contributed by atoms with E-state index in [1.807, 2.05) is 36.4 Å². The first-order chi connectivity index (χ1) is 10.7. The van der Waals surface area contributed by atoms with E-state index >= 15 is 0 Å². The molecule has 0 spiro atoms. The highest BCUT2D eigenvalue weighted by atomic mass is 19.1. The molecule has 3 nitrogen and oxygen atoms in total. The third-order valence-electron chi connectivity index (χ3n) is 3.98. The summed E-state index contributed by atoms with van der Waals surface area (Å²) in [6.45, 7) is 0.431. The maximum absolute atomic E-state index is 14.3. The van der Waals surface area contributed by atoms with Crippen LogP contribution in [-0.4, -0.2) is 29.8 Å². The van der Waals surface area contributed by atoms with Gasteiger partial charge in [0.2, 0.25) is 0 Å². The monoisotopic (exact) mass is 298 g/mol. The smallest absolute Gasteiger partial charge is 0.132 e. The molecule has 0 aliphatic rings. The molecule has 3 rings (SSSR count). The Balaban J connectivity index is 2.16. The van der Waals surface area contributed by atoms with Gasteiger partial charge in [0.05, 0.1) is 6.10 Å². The third kappa shape index (κ3) is 2.63. The van der Waals surface area contributed by atoms with Gasteiger partial charge in [-0.1, -0.05) is 36.4 Å². The molecule has 114 valence electrons. The zero-order valence-electron chi connectivity index (χ0n) is 12.4. The van der Waals surface area contributed by atoms with Gasteiger partial charge in [-0.05, 0) is 30.3 Å². The molecule has 3 aromatic rings. The van der Waals surface area contributed by atoms with Crippen LogP contribution in [0.5, 0.6) is 0 Å². The van der Waals surface area contributed by atoms with Crippen molar-refractivity contribution in [3.63, 3.8) is 0 Å². The van der Waals surface area contributed by atoms with Crippen molar-refractivity contribution in [2.24, 2.45) is 0 Å². The van der Waals surface area contributed by atoms with Crippen LogP contribution >= 0.6 is 0 Å². The zero-order valence-corrected chi connectivity index (χ0v) is 12.4. The summed E-state index contributed by atoms with van der Waals surface area (Å²) in [4.78, 5) is 3.10. The molecule has 1 aromatic heterocycles. The number of rotatable bonds is 5. The van der Waals surface area contributed by atoms with E-state index in [9.17, 15) is 9.50 Å². The van der Waals surface area contributed by atoms with E-state index in [4.69, 9.17) is 0 Å². The number of aliphatic hydroxyl groups excluding tert-OH is 1. The van der Waals surface area contributed by atoms with Crippen LogP contribution in [0.25, 0.3) is 10.9 Å². The summed E-state index contributed by atoms with van der Waals surface area (Å²) in [6.07, 6.45) is 1.15. The fourth-order valence-corrected chi connectivity index (χ4v) is 3.01. The molecule has 0 fully saturated rings. The Hall–Kier alpha value is -2.17. The summed E-state index contributed by atoms with van der Waals surface area (Å²) in [5.74, 6) is -0.564. The van der Waals surface area contributed by atoms with Gasteiger partial charge in [-0.2, -0.15) is 0 Å². The van der Waals surface area contributed by atoms with Crippen LogP contribution in [0.15, 0.2) is 54.7 Å². The highest BCUT2D eigenvalue weighted by Gasteiger charge is 2.26. The van der Waals surface area contributed by atoms with Crippen molar-refractivity contribution in [2.45, 2.75) is 12.0 Å². The zero-order chi connectivity index (χ0) is 15.5. The average Bonchev–Trinajstić information content (AvgIpc) is 2.94. The summed E-state index contributed by atoms with van der Waals surface area (Å²) in [5, 5.41) is 14.1. The van der Waals surface area contributed by atoms with Crippen molar-refractivity contribution in [3.05, 3.63) is 71.7 Å². The normalized spacial score (nSPS) is 14.1. The first-order valence-electron chi connectivity index (χ1n) is 7.35. The largest absolute Gasteiger partial charge is 0.391 e. The lowest BCUT2D eigenvalue weighted by atomic mass is 9.86. The second-order valence-corrected chi connectivity index (χ2v) is 5.42. The maximum Gasteiger partial charge on any atom is 0.132 e. The second-order valence-electron chi connectivity index (χ2n) is 5.42. The number of nitrogens with one attached hydrogen (secondary N) is 2. The number of aromatic amines is 1.